The average molecular weight is 460 g/mol. The van der Waals surface area contributed by atoms with Gasteiger partial charge in [0.1, 0.15) is 6.04 Å². The largest absolute Gasteiger partial charge is 0.368 e. The molecule has 6 heteroatoms. The van der Waals surface area contributed by atoms with Crippen molar-refractivity contribution in [3.05, 3.63) is 94.5 Å². The van der Waals surface area contributed by atoms with Crippen molar-refractivity contribution in [1.29, 1.82) is 0 Å². The van der Waals surface area contributed by atoms with Crippen LogP contribution in [0.15, 0.2) is 72.8 Å². The van der Waals surface area contributed by atoms with Crippen LogP contribution in [0.4, 0.5) is 11.4 Å². The molecule has 0 aliphatic carbocycles. The Kier molecular flexibility index (Phi) is 5.81. The lowest BCUT2D eigenvalue weighted by Crippen LogP contribution is -2.55. The highest BCUT2D eigenvalue weighted by atomic mass is 35.5. The Balaban J connectivity index is 1.35. The lowest BCUT2D eigenvalue weighted by Gasteiger charge is -2.39. The lowest BCUT2D eigenvalue weighted by molar-refractivity contribution is -0.132. The molecule has 0 bridgehead atoms. The first-order valence-electron chi connectivity index (χ1n) is 11.3. The number of carbonyl (C=O) groups is 2. The van der Waals surface area contributed by atoms with E-state index in [9.17, 15) is 9.59 Å². The van der Waals surface area contributed by atoms with Crippen molar-refractivity contribution < 1.29 is 9.59 Å². The van der Waals surface area contributed by atoms with Crippen LogP contribution in [0, 0.1) is 6.92 Å². The van der Waals surface area contributed by atoms with E-state index in [-0.39, 0.29) is 11.8 Å². The van der Waals surface area contributed by atoms with Crippen LogP contribution in [-0.4, -0.2) is 48.9 Å². The van der Waals surface area contributed by atoms with Gasteiger partial charge in [0.2, 0.25) is 5.91 Å². The summed E-state index contributed by atoms with van der Waals surface area (Å²) in [6.07, 6.45) is 0.543. The predicted molar refractivity (Wildman–Crippen MR) is 132 cm³/mol. The highest BCUT2D eigenvalue weighted by molar-refractivity contribution is 6.30. The second kappa shape index (κ2) is 8.91. The smallest absolute Gasteiger partial charge is 0.259 e. The maximum atomic E-state index is 13.7. The quantitative estimate of drug-likeness (QED) is 0.576. The molecule has 5 nitrogen and oxygen atoms in total. The van der Waals surface area contributed by atoms with Gasteiger partial charge in [0.15, 0.2) is 0 Å². The number of aryl methyl sites for hydroxylation is 1. The Bertz CT molecular complexity index is 1190. The number of carbonyl (C=O) groups excluding carboxylic acids is 2. The Morgan fingerprint density at radius 3 is 2.30 bits per heavy atom. The number of piperazine rings is 1. The van der Waals surface area contributed by atoms with E-state index < -0.39 is 6.04 Å². The summed E-state index contributed by atoms with van der Waals surface area (Å²) in [6.45, 7) is 4.78. The van der Waals surface area contributed by atoms with Crippen LogP contribution in [0.5, 0.6) is 0 Å². The monoisotopic (exact) mass is 459 g/mol. The number of benzene rings is 3. The van der Waals surface area contributed by atoms with E-state index in [4.69, 9.17) is 11.6 Å². The Morgan fingerprint density at radius 2 is 1.55 bits per heavy atom. The third kappa shape index (κ3) is 4.09. The molecule has 2 aliphatic heterocycles. The zero-order chi connectivity index (χ0) is 22.9. The van der Waals surface area contributed by atoms with E-state index >= 15 is 0 Å². The zero-order valence-corrected chi connectivity index (χ0v) is 19.3. The van der Waals surface area contributed by atoms with Gasteiger partial charge in [-0.1, -0.05) is 54.1 Å². The standard InChI is InChI=1S/C27H26ClN3O2/c1-19-11-12-22(28)18-24(19)29-13-15-30(16-14-29)27(33)25-17-21-9-5-6-10-23(21)31(25)26(32)20-7-3-2-4-8-20/h2-12,18,25H,13-17H2,1H3. The SMILES string of the molecule is Cc1ccc(Cl)cc1N1CCN(C(=O)C2Cc3ccccc3N2C(=O)c2ccccc2)CC1. The van der Waals surface area contributed by atoms with Crippen molar-refractivity contribution in [3.8, 4) is 0 Å². The number of hydrogen-bond acceptors (Lipinski definition) is 3. The fraction of sp³-hybridized carbons (Fsp3) is 0.259. The molecule has 1 unspecified atom stereocenters. The molecule has 1 saturated heterocycles. The summed E-state index contributed by atoms with van der Waals surface area (Å²) >= 11 is 6.21. The second-order valence-electron chi connectivity index (χ2n) is 8.63. The normalized spacial score (nSPS) is 17.8. The fourth-order valence-corrected chi connectivity index (χ4v) is 5.02. The summed E-state index contributed by atoms with van der Waals surface area (Å²) in [7, 11) is 0. The van der Waals surface area contributed by atoms with Crippen molar-refractivity contribution in [3.63, 3.8) is 0 Å². The summed E-state index contributed by atoms with van der Waals surface area (Å²) in [6, 6.07) is 22.4. The van der Waals surface area contributed by atoms with Crippen molar-refractivity contribution in [1.82, 2.24) is 4.90 Å². The minimum absolute atomic E-state index is 0.0120. The van der Waals surface area contributed by atoms with E-state index in [1.165, 1.54) is 5.56 Å². The molecule has 0 N–H and O–H groups in total. The maximum absolute atomic E-state index is 13.7. The number of rotatable bonds is 3. The first-order chi connectivity index (χ1) is 16.0. The van der Waals surface area contributed by atoms with Crippen LogP contribution in [0.1, 0.15) is 21.5 Å². The summed E-state index contributed by atoms with van der Waals surface area (Å²) < 4.78 is 0. The van der Waals surface area contributed by atoms with Crippen molar-refractivity contribution >= 4 is 34.8 Å². The molecule has 2 heterocycles. The molecule has 2 amide bonds. The van der Waals surface area contributed by atoms with E-state index in [1.807, 2.05) is 65.6 Å². The maximum Gasteiger partial charge on any atom is 0.259 e. The van der Waals surface area contributed by atoms with Gasteiger partial charge in [-0.2, -0.15) is 0 Å². The minimum atomic E-state index is -0.519. The first kappa shape index (κ1) is 21.5. The van der Waals surface area contributed by atoms with Crippen LogP contribution in [0.25, 0.3) is 0 Å². The highest BCUT2D eigenvalue weighted by Gasteiger charge is 2.41. The number of hydrogen-bond donors (Lipinski definition) is 0. The molecule has 2 aliphatic rings. The molecule has 5 rings (SSSR count). The molecule has 0 spiro atoms. The highest BCUT2D eigenvalue weighted by Crippen LogP contribution is 2.34. The number of anilines is 2. The third-order valence-corrected chi connectivity index (χ3v) is 6.84. The molecule has 1 atom stereocenters. The molecule has 0 saturated carbocycles. The molecule has 33 heavy (non-hydrogen) atoms. The van der Waals surface area contributed by atoms with Gasteiger partial charge in [-0.15, -0.1) is 0 Å². The third-order valence-electron chi connectivity index (χ3n) is 6.60. The van der Waals surface area contributed by atoms with E-state index in [0.717, 1.165) is 30.0 Å². The Morgan fingerprint density at radius 1 is 0.848 bits per heavy atom. The topological polar surface area (TPSA) is 43.9 Å². The van der Waals surface area contributed by atoms with Gasteiger partial charge in [0.05, 0.1) is 0 Å². The molecule has 3 aromatic rings. The molecule has 168 valence electrons. The number of halogens is 1. The Hall–Kier alpha value is -3.31. The van der Waals surface area contributed by atoms with E-state index in [2.05, 4.69) is 11.8 Å². The van der Waals surface area contributed by atoms with Crippen LogP contribution < -0.4 is 9.80 Å². The van der Waals surface area contributed by atoms with Gasteiger partial charge in [-0.25, -0.2) is 0 Å². The number of nitrogens with zero attached hydrogens (tertiary/aromatic N) is 3. The Labute approximate surface area is 199 Å². The number of fused-ring (bicyclic) bond motifs is 1. The van der Waals surface area contributed by atoms with Gasteiger partial charge in [-0.05, 0) is 48.4 Å². The molecule has 1 fully saturated rings. The number of para-hydroxylation sites is 1. The molecule has 0 aromatic heterocycles. The predicted octanol–water partition coefficient (Wildman–Crippen LogP) is 4.57. The van der Waals surface area contributed by atoms with Crippen molar-refractivity contribution in [2.24, 2.45) is 0 Å². The summed E-state index contributed by atoms with van der Waals surface area (Å²) in [4.78, 5) is 33.0. The number of amides is 2. The zero-order valence-electron chi connectivity index (χ0n) is 18.6. The molecule has 3 aromatic carbocycles. The molecular weight excluding hydrogens is 434 g/mol. The first-order valence-corrected chi connectivity index (χ1v) is 11.7. The van der Waals surface area contributed by atoms with Gasteiger partial charge < -0.3 is 9.80 Å². The van der Waals surface area contributed by atoms with Gasteiger partial charge in [-0.3, -0.25) is 14.5 Å². The molecule has 0 radical (unpaired) electrons. The van der Waals surface area contributed by atoms with E-state index in [1.54, 1.807) is 17.0 Å². The van der Waals surface area contributed by atoms with Crippen LogP contribution in [0.3, 0.4) is 0 Å². The van der Waals surface area contributed by atoms with Gasteiger partial charge in [0, 0.05) is 54.6 Å². The van der Waals surface area contributed by atoms with Crippen LogP contribution >= 0.6 is 11.6 Å². The summed E-state index contributed by atoms with van der Waals surface area (Å²) in [5.74, 6) is -0.120. The van der Waals surface area contributed by atoms with Crippen molar-refractivity contribution in [2.75, 3.05) is 36.0 Å². The fourth-order valence-electron chi connectivity index (χ4n) is 4.86. The van der Waals surface area contributed by atoms with E-state index in [0.29, 0.717) is 30.1 Å². The summed E-state index contributed by atoms with van der Waals surface area (Å²) in [5, 5.41) is 0.716. The van der Waals surface area contributed by atoms with Crippen LogP contribution in [0.2, 0.25) is 5.02 Å². The van der Waals surface area contributed by atoms with Crippen molar-refractivity contribution in [2.45, 2.75) is 19.4 Å². The lowest BCUT2D eigenvalue weighted by atomic mass is 10.1. The van der Waals surface area contributed by atoms with Gasteiger partial charge in [0.25, 0.3) is 5.91 Å². The summed E-state index contributed by atoms with van der Waals surface area (Å²) in [5.41, 5.74) is 4.74. The molecular formula is C27H26ClN3O2. The average Bonchev–Trinajstić information content (AvgIpc) is 3.25. The minimum Gasteiger partial charge on any atom is -0.368 e. The van der Waals surface area contributed by atoms with Crippen LogP contribution in [-0.2, 0) is 11.2 Å². The second-order valence-corrected chi connectivity index (χ2v) is 9.07. The van der Waals surface area contributed by atoms with Gasteiger partial charge >= 0.3 is 0 Å².